The van der Waals surface area contributed by atoms with Gasteiger partial charge in [0, 0.05) is 13.1 Å². The van der Waals surface area contributed by atoms with E-state index >= 15 is 0 Å². The van der Waals surface area contributed by atoms with Gasteiger partial charge in [0.2, 0.25) is 10.0 Å². The highest BCUT2D eigenvalue weighted by Crippen LogP contribution is 2.29. The molecule has 3 N–H and O–H groups in total. The maximum Gasteiger partial charge on any atom is 0.243 e. The third kappa shape index (κ3) is 3.72. The smallest absolute Gasteiger partial charge is 0.243 e. The number of unbranched alkanes of at least 4 members (excludes halogenated alkanes) is 1. The van der Waals surface area contributed by atoms with Crippen LogP contribution in [-0.4, -0.2) is 37.5 Å². The summed E-state index contributed by atoms with van der Waals surface area (Å²) in [7, 11) is -3.81. The molecule has 0 saturated carbocycles. The van der Waals surface area contributed by atoms with E-state index in [0.29, 0.717) is 18.5 Å². The summed E-state index contributed by atoms with van der Waals surface area (Å²) < 4.78 is 40.4. The number of hydrogen-bond donors (Lipinski definition) is 2. The number of nitrogens with zero attached hydrogens (tertiary/aromatic N) is 1. The first-order chi connectivity index (χ1) is 9.77. The van der Waals surface area contributed by atoms with Gasteiger partial charge in [0.05, 0.1) is 17.2 Å². The van der Waals surface area contributed by atoms with Crippen molar-refractivity contribution >= 4 is 15.7 Å². The molecule has 5 nitrogen and oxygen atoms in total. The first-order valence-corrected chi connectivity index (χ1v) is 8.37. The van der Waals surface area contributed by atoms with Gasteiger partial charge in [-0.3, -0.25) is 0 Å². The molecule has 1 aromatic rings. The van der Waals surface area contributed by atoms with Gasteiger partial charge in [0.1, 0.15) is 5.82 Å². The number of aryl methyl sites for hydroxylation is 1. The van der Waals surface area contributed by atoms with Gasteiger partial charge in [0.25, 0.3) is 0 Å². The number of anilines is 1. The molecule has 120 valence electrons. The number of benzene rings is 1. The van der Waals surface area contributed by atoms with Crippen LogP contribution >= 0.6 is 0 Å². The summed E-state index contributed by atoms with van der Waals surface area (Å²) in [5.74, 6) is -0.619. The molecule has 0 aliphatic rings. The third-order valence-electron chi connectivity index (χ3n) is 3.41. The fraction of sp³-hybridized carbons (Fsp3) is 0.571. The van der Waals surface area contributed by atoms with E-state index in [0.717, 1.165) is 12.5 Å². The number of aliphatic hydroxyl groups is 1. The summed E-state index contributed by atoms with van der Waals surface area (Å²) in [6, 6.07) is 1.13. The summed E-state index contributed by atoms with van der Waals surface area (Å²) in [4.78, 5) is 0.0333. The highest BCUT2D eigenvalue weighted by atomic mass is 32.2. The van der Waals surface area contributed by atoms with Crippen LogP contribution in [0, 0.1) is 19.7 Å². The van der Waals surface area contributed by atoms with Gasteiger partial charge in [-0.25, -0.2) is 12.8 Å². The fourth-order valence-electron chi connectivity index (χ4n) is 2.25. The Morgan fingerprint density at radius 2 is 1.95 bits per heavy atom. The zero-order chi connectivity index (χ0) is 16.2. The van der Waals surface area contributed by atoms with E-state index < -0.39 is 15.8 Å². The van der Waals surface area contributed by atoms with Crippen LogP contribution in [-0.2, 0) is 10.0 Å². The minimum atomic E-state index is -3.81. The number of halogens is 1. The first-order valence-electron chi connectivity index (χ1n) is 6.93. The van der Waals surface area contributed by atoms with Crippen LogP contribution in [0.25, 0.3) is 0 Å². The average Bonchev–Trinajstić information content (AvgIpc) is 2.40. The van der Waals surface area contributed by atoms with Gasteiger partial charge in [-0.2, -0.15) is 4.31 Å². The molecule has 7 heteroatoms. The third-order valence-corrected chi connectivity index (χ3v) is 5.60. The Labute approximate surface area is 125 Å². The molecular formula is C14H23FN2O3S. The van der Waals surface area contributed by atoms with Crippen LogP contribution < -0.4 is 5.73 Å². The maximum atomic E-state index is 13.6. The Hall–Kier alpha value is -1.18. The Balaban J connectivity index is 3.37. The fourth-order valence-corrected chi connectivity index (χ4v) is 4.17. The molecule has 1 aromatic carbocycles. The molecule has 0 aliphatic heterocycles. The second kappa shape index (κ2) is 7.20. The number of hydrogen-bond acceptors (Lipinski definition) is 4. The number of aliphatic hydroxyl groups excluding tert-OH is 1. The van der Waals surface area contributed by atoms with E-state index in [4.69, 9.17) is 10.8 Å². The SMILES string of the molecule is CCCCN(CCO)S(=O)(=O)c1c(C)cc(F)c(N)c1C. The quantitative estimate of drug-likeness (QED) is 0.751. The van der Waals surface area contributed by atoms with E-state index in [1.165, 1.54) is 11.2 Å². The van der Waals surface area contributed by atoms with Crippen LogP contribution in [0.3, 0.4) is 0 Å². The maximum absolute atomic E-state index is 13.6. The van der Waals surface area contributed by atoms with Gasteiger partial charge in [0.15, 0.2) is 0 Å². The molecule has 0 aliphatic carbocycles. The molecule has 21 heavy (non-hydrogen) atoms. The molecular weight excluding hydrogens is 295 g/mol. The van der Waals surface area contributed by atoms with Crippen molar-refractivity contribution in [1.82, 2.24) is 4.31 Å². The average molecular weight is 318 g/mol. The second-order valence-corrected chi connectivity index (χ2v) is 6.90. The monoisotopic (exact) mass is 318 g/mol. The van der Waals surface area contributed by atoms with E-state index in [1.807, 2.05) is 6.92 Å². The lowest BCUT2D eigenvalue weighted by atomic mass is 10.1. The van der Waals surface area contributed by atoms with Gasteiger partial charge < -0.3 is 10.8 Å². The molecule has 0 fully saturated rings. The molecule has 0 heterocycles. The van der Waals surface area contributed by atoms with Crippen molar-refractivity contribution in [3.05, 3.63) is 23.0 Å². The Kier molecular flexibility index (Phi) is 6.12. The zero-order valence-corrected chi connectivity index (χ0v) is 13.5. The predicted molar refractivity (Wildman–Crippen MR) is 81.0 cm³/mol. The van der Waals surface area contributed by atoms with Gasteiger partial charge in [-0.1, -0.05) is 13.3 Å². The van der Waals surface area contributed by atoms with Crippen molar-refractivity contribution in [2.24, 2.45) is 0 Å². The Morgan fingerprint density at radius 3 is 2.48 bits per heavy atom. The Morgan fingerprint density at radius 1 is 1.33 bits per heavy atom. The minimum Gasteiger partial charge on any atom is -0.396 e. The van der Waals surface area contributed by atoms with E-state index in [9.17, 15) is 12.8 Å². The van der Waals surface area contributed by atoms with Crippen LogP contribution in [0.5, 0.6) is 0 Å². The van der Waals surface area contributed by atoms with Crippen LogP contribution in [0.15, 0.2) is 11.0 Å². The second-order valence-electron chi connectivity index (χ2n) is 5.02. The first kappa shape index (κ1) is 17.9. The number of rotatable bonds is 7. The zero-order valence-electron chi connectivity index (χ0n) is 12.7. The molecule has 0 amide bonds. The molecule has 0 aromatic heterocycles. The summed E-state index contributed by atoms with van der Waals surface area (Å²) in [5, 5.41) is 9.09. The Bertz CT molecular complexity index is 603. The van der Waals surface area contributed by atoms with Crippen molar-refractivity contribution in [2.45, 2.75) is 38.5 Å². The van der Waals surface area contributed by atoms with Crippen molar-refractivity contribution in [1.29, 1.82) is 0 Å². The normalized spacial score (nSPS) is 12.1. The van der Waals surface area contributed by atoms with Crippen molar-refractivity contribution < 1.29 is 17.9 Å². The van der Waals surface area contributed by atoms with E-state index in [2.05, 4.69) is 0 Å². The summed E-state index contributed by atoms with van der Waals surface area (Å²) in [5.41, 5.74) is 5.99. The number of nitrogens with two attached hydrogens (primary N) is 1. The van der Waals surface area contributed by atoms with Gasteiger partial charge in [-0.15, -0.1) is 0 Å². The molecule has 0 unspecified atom stereocenters. The summed E-state index contributed by atoms with van der Waals surface area (Å²) in [6.45, 7) is 5.05. The molecule has 0 atom stereocenters. The summed E-state index contributed by atoms with van der Waals surface area (Å²) >= 11 is 0. The largest absolute Gasteiger partial charge is 0.396 e. The summed E-state index contributed by atoms with van der Waals surface area (Å²) in [6.07, 6.45) is 1.52. The van der Waals surface area contributed by atoms with Gasteiger partial charge >= 0.3 is 0 Å². The molecule has 0 saturated heterocycles. The van der Waals surface area contributed by atoms with Crippen LogP contribution in [0.1, 0.15) is 30.9 Å². The lowest BCUT2D eigenvalue weighted by Gasteiger charge is -2.24. The highest BCUT2D eigenvalue weighted by Gasteiger charge is 2.28. The standard InChI is InChI=1S/C14H23FN2O3S/c1-4-5-6-17(7-8-18)21(19,20)14-10(2)9-12(15)13(16)11(14)3/h9,18H,4-8,16H2,1-3H3. The van der Waals surface area contributed by atoms with Crippen LogP contribution in [0.2, 0.25) is 0 Å². The van der Waals surface area contributed by atoms with Crippen LogP contribution in [0.4, 0.5) is 10.1 Å². The molecule has 0 spiro atoms. The highest BCUT2D eigenvalue weighted by molar-refractivity contribution is 7.89. The minimum absolute atomic E-state index is 0.0124. The van der Waals surface area contributed by atoms with Crippen molar-refractivity contribution in [3.8, 4) is 0 Å². The molecule has 0 bridgehead atoms. The van der Waals surface area contributed by atoms with Gasteiger partial charge in [-0.05, 0) is 37.5 Å². The number of nitrogen functional groups attached to an aromatic ring is 1. The van der Waals surface area contributed by atoms with E-state index in [-0.39, 0.29) is 29.3 Å². The molecule has 1 rings (SSSR count). The number of sulfonamides is 1. The van der Waals surface area contributed by atoms with Crippen molar-refractivity contribution in [2.75, 3.05) is 25.4 Å². The molecule has 0 radical (unpaired) electrons. The predicted octanol–water partition coefficient (Wildman–Crippen LogP) is 1.81. The topological polar surface area (TPSA) is 83.6 Å². The lowest BCUT2D eigenvalue weighted by Crippen LogP contribution is -2.35. The lowest BCUT2D eigenvalue weighted by molar-refractivity contribution is 0.252. The van der Waals surface area contributed by atoms with Crippen molar-refractivity contribution in [3.63, 3.8) is 0 Å². The van der Waals surface area contributed by atoms with E-state index in [1.54, 1.807) is 6.92 Å².